The predicted octanol–water partition coefficient (Wildman–Crippen LogP) is 3.02. The fourth-order valence-electron chi connectivity index (χ4n) is 2.11. The standard InChI is InChI=1S/C16H20FNO2/c1-12(13-5-7-14(17)8-6-13)10-18-11-16(2,19)15-4-3-9-20-15/h3-9,12,18-19H,10-11H2,1-2H3. The monoisotopic (exact) mass is 277 g/mol. The minimum absolute atomic E-state index is 0.227. The van der Waals surface area contributed by atoms with Gasteiger partial charge in [-0.3, -0.25) is 0 Å². The van der Waals surface area contributed by atoms with Gasteiger partial charge >= 0.3 is 0 Å². The second-order valence-electron chi connectivity index (χ2n) is 5.33. The highest BCUT2D eigenvalue weighted by Gasteiger charge is 2.25. The summed E-state index contributed by atoms with van der Waals surface area (Å²) in [5, 5.41) is 13.5. The molecule has 3 nitrogen and oxygen atoms in total. The number of halogens is 1. The van der Waals surface area contributed by atoms with Crippen LogP contribution in [0.15, 0.2) is 47.1 Å². The first-order valence-electron chi connectivity index (χ1n) is 6.71. The number of rotatable bonds is 6. The van der Waals surface area contributed by atoms with E-state index in [4.69, 9.17) is 4.42 Å². The molecule has 0 bridgehead atoms. The molecule has 1 aromatic carbocycles. The van der Waals surface area contributed by atoms with Crippen LogP contribution in [-0.2, 0) is 5.60 Å². The molecule has 0 aliphatic heterocycles. The van der Waals surface area contributed by atoms with Crippen LogP contribution in [0.4, 0.5) is 4.39 Å². The molecule has 1 heterocycles. The van der Waals surface area contributed by atoms with E-state index in [1.165, 1.54) is 12.1 Å². The Balaban J connectivity index is 1.85. The van der Waals surface area contributed by atoms with Gasteiger partial charge in [-0.25, -0.2) is 4.39 Å². The van der Waals surface area contributed by atoms with Crippen molar-refractivity contribution in [2.75, 3.05) is 13.1 Å². The van der Waals surface area contributed by atoms with Crippen LogP contribution < -0.4 is 5.32 Å². The Morgan fingerprint density at radius 2 is 2.00 bits per heavy atom. The Hall–Kier alpha value is -1.65. The fourth-order valence-corrected chi connectivity index (χ4v) is 2.11. The first-order valence-corrected chi connectivity index (χ1v) is 6.71. The number of nitrogens with one attached hydrogen (secondary N) is 1. The van der Waals surface area contributed by atoms with Gasteiger partial charge in [-0.15, -0.1) is 0 Å². The zero-order valence-electron chi connectivity index (χ0n) is 11.8. The van der Waals surface area contributed by atoms with Crippen LogP contribution in [-0.4, -0.2) is 18.2 Å². The van der Waals surface area contributed by atoms with Crippen LogP contribution in [0.5, 0.6) is 0 Å². The lowest BCUT2D eigenvalue weighted by molar-refractivity contribution is 0.0342. The number of hydrogen-bond acceptors (Lipinski definition) is 3. The van der Waals surface area contributed by atoms with E-state index < -0.39 is 5.60 Å². The van der Waals surface area contributed by atoms with Gasteiger partial charge in [0.15, 0.2) is 0 Å². The Labute approximate surface area is 118 Å². The highest BCUT2D eigenvalue weighted by molar-refractivity contribution is 5.20. The molecule has 2 unspecified atom stereocenters. The Bertz CT molecular complexity index is 520. The minimum atomic E-state index is -1.04. The lowest BCUT2D eigenvalue weighted by Crippen LogP contribution is -2.36. The van der Waals surface area contributed by atoms with Gasteiger partial charge in [-0.1, -0.05) is 19.1 Å². The fraction of sp³-hybridized carbons (Fsp3) is 0.375. The third kappa shape index (κ3) is 3.68. The van der Waals surface area contributed by atoms with Crippen molar-refractivity contribution in [1.29, 1.82) is 0 Å². The number of furan rings is 1. The molecule has 0 aliphatic carbocycles. The van der Waals surface area contributed by atoms with Crippen molar-refractivity contribution in [3.05, 3.63) is 59.8 Å². The van der Waals surface area contributed by atoms with E-state index >= 15 is 0 Å². The van der Waals surface area contributed by atoms with Crippen molar-refractivity contribution >= 4 is 0 Å². The maximum absolute atomic E-state index is 12.9. The summed E-state index contributed by atoms with van der Waals surface area (Å²) < 4.78 is 18.1. The summed E-state index contributed by atoms with van der Waals surface area (Å²) >= 11 is 0. The van der Waals surface area contributed by atoms with Gasteiger partial charge in [-0.05, 0) is 42.7 Å². The van der Waals surface area contributed by atoms with Gasteiger partial charge in [0.05, 0.1) is 6.26 Å². The van der Waals surface area contributed by atoms with Crippen LogP contribution in [0.2, 0.25) is 0 Å². The quantitative estimate of drug-likeness (QED) is 0.853. The lowest BCUT2D eigenvalue weighted by atomic mass is 10.00. The summed E-state index contributed by atoms with van der Waals surface area (Å²) in [6.07, 6.45) is 1.55. The van der Waals surface area contributed by atoms with Crippen molar-refractivity contribution in [2.24, 2.45) is 0 Å². The first-order chi connectivity index (χ1) is 9.49. The van der Waals surface area contributed by atoms with Gasteiger partial charge < -0.3 is 14.8 Å². The van der Waals surface area contributed by atoms with Gasteiger partial charge in [-0.2, -0.15) is 0 Å². The van der Waals surface area contributed by atoms with Crippen LogP contribution in [0.1, 0.15) is 31.1 Å². The van der Waals surface area contributed by atoms with Gasteiger partial charge in [0.1, 0.15) is 17.2 Å². The van der Waals surface area contributed by atoms with E-state index in [1.54, 1.807) is 37.5 Å². The summed E-state index contributed by atoms with van der Waals surface area (Å²) in [7, 11) is 0. The van der Waals surface area contributed by atoms with Crippen molar-refractivity contribution in [2.45, 2.75) is 25.4 Å². The highest BCUT2D eigenvalue weighted by atomic mass is 19.1. The van der Waals surface area contributed by atoms with Gasteiger partial charge in [0.25, 0.3) is 0 Å². The molecule has 0 aliphatic rings. The van der Waals surface area contributed by atoms with E-state index in [2.05, 4.69) is 12.2 Å². The molecule has 20 heavy (non-hydrogen) atoms. The first kappa shape index (κ1) is 14.8. The molecule has 4 heteroatoms. The number of benzene rings is 1. The van der Waals surface area contributed by atoms with E-state index in [1.807, 2.05) is 0 Å². The molecular weight excluding hydrogens is 257 g/mol. The van der Waals surface area contributed by atoms with Crippen LogP contribution in [0.25, 0.3) is 0 Å². The predicted molar refractivity (Wildman–Crippen MR) is 76.0 cm³/mol. The Kier molecular flexibility index (Phi) is 4.57. The minimum Gasteiger partial charge on any atom is -0.466 e. The summed E-state index contributed by atoms with van der Waals surface area (Å²) in [6, 6.07) is 10.0. The zero-order valence-corrected chi connectivity index (χ0v) is 11.8. The largest absolute Gasteiger partial charge is 0.466 e. The molecule has 0 amide bonds. The third-order valence-corrected chi connectivity index (χ3v) is 3.41. The highest BCUT2D eigenvalue weighted by Crippen LogP contribution is 2.20. The molecular formula is C16H20FNO2. The van der Waals surface area contributed by atoms with Crippen LogP contribution in [0.3, 0.4) is 0 Å². The van der Waals surface area contributed by atoms with E-state index in [0.717, 1.165) is 5.56 Å². The van der Waals surface area contributed by atoms with E-state index in [-0.39, 0.29) is 11.7 Å². The third-order valence-electron chi connectivity index (χ3n) is 3.41. The van der Waals surface area contributed by atoms with Gasteiger partial charge in [0.2, 0.25) is 0 Å². The van der Waals surface area contributed by atoms with Crippen LogP contribution in [0, 0.1) is 5.82 Å². The lowest BCUT2D eigenvalue weighted by Gasteiger charge is -2.22. The molecule has 0 saturated heterocycles. The summed E-state index contributed by atoms with van der Waals surface area (Å²) in [5.41, 5.74) is 0.0305. The maximum atomic E-state index is 12.9. The maximum Gasteiger partial charge on any atom is 0.136 e. The average Bonchev–Trinajstić information content (AvgIpc) is 2.94. The molecule has 2 N–H and O–H groups in total. The van der Waals surface area contributed by atoms with Crippen molar-refractivity contribution in [3.8, 4) is 0 Å². The Morgan fingerprint density at radius 3 is 2.60 bits per heavy atom. The normalized spacial score (nSPS) is 15.8. The average molecular weight is 277 g/mol. The van der Waals surface area contributed by atoms with Crippen molar-refractivity contribution in [3.63, 3.8) is 0 Å². The molecule has 108 valence electrons. The molecule has 2 atom stereocenters. The number of hydrogen-bond donors (Lipinski definition) is 2. The molecule has 0 radical (unpaired) electrons. The summed E-state index contributed by atoms with van der Waals surface area (Å²) in [6.45, 7) is 4.86. The van der Waals surface area contributed by atoms with E-state index in [9.17, 15) is 9.50 Å². The van der Waals surface area contributed by atoms with Crippen molar-refractivity contribution < 1.29 is 13.9 Å². The summed E-state index contributed by atoms with van der Waals surface area (Å²) in [4.78, 5) is 0. The van der Waals surface area contributed by atoms with Gasteiger partial charge in [0, 0.05) is 13.1 Å². The second-order valence-corrected chi connectivity index (χ2v) is 5.33. The Morgan fingerprint density at radius 1 is 1.30 bits per heavy atom. The molecule has 0 spiro atoms. The zero-order chi connectivity index (χ0) is 14.6. The number of aliphatic hydroxyl groups is 1. The molecule has 2 aromatic rings. The molecule has 1 aromatic heterocycles. The van der Waals surface area contributed by atoms with E-state index in [0.29, 0.717) is 18.8 Å². The summed E-state index contributed by atoms with van der Waals surface area (Å²) in [5.74, 6) is 0.553. The molecule has 0 fully saturated rings. The second kappa shape index (κ2) is 6.20. The topological polar surface area (TPSA) is 45.4 Å². The molecule has 0 saturated carbocycles. The molecule has 2 rings (SSSR count). The van der Waals surface area contributed by atoms with Crippen molar-refractivity contribution in [1.82, 2.24) is 5.32 Å². The SMILES string of the molecule is CC(CNCC(C)(O)c1ccco1)c1ccc(F)cc1. The van der Waals surface area contributed by atoms with Crippen LogP contribution >= 0.6 is 0 Å². The smallest absolute Gasteiger partial charge is 0.136 e.